The monoisotopic (exact) mass is 371 g/mol. The average molecular weight is 371 g/mol. The fraction of sp³-hybridized carbons (Fsp3) is 0.923. The van der Waals surface area contributed by atoms with Gasteiger partial charge in [0, 0.05) is 19.7 Å². The molecule has 3 N–H and O–H groups in total. The fourth-order valence-corrected chi connectivity index (χ4v) is 1.28. The molecule has 18 heavy (non-hydrogen) atoms. The summed E-state index contributed by atoms with van der Waals surface area (Å²) in [6.45, 7) is 11.0. The minimum Gasteiger partial charge on any atom is -0.379 e. The van der Waals surface area contributed by atoms with Crippen LogP contribution in [-0.4, -0.2) is 31.8 Å². The molecule has 0 aromatic heterocycles. The Bertz CT molecular complexity index is 208. The number of unbranched alkanes of at least 4 members (excludes halogenated alkanes) is 1. The molecule has 110 valence electrons. The van der Waals surface area contributed by atoms with E-state index in [4.69, 9.17) is 10.5 Å². The molecular weight excluding hydrogens is 341 g/mol. The van der Waals surface area contributed by atoms with Gasteiger partial charge in [-0.05, 0) is 39.0 Å². The predicted octanol–water partition coefficient (Wildman–Crippen LogP) is 2.76. The number of nitrogens with zero attached hydrogens (tertiary/aromatic N) is 1. The quantitative estimate of drug-likeness (QED) is 0.284. The summed E-state index contributed by atoms with van der Waals surface area (Å²) in [5.74, 6) is 1.26. The molecule has 0 rings (SSSR count). The van der Waals surface area contributed by atoms with Crippen molar-refractivity contribution in [2.24, 2.45) is 16.6 Å². The molecule has 0 bridgehead atoms. The molecule has 0 aliphatic rings. The van der Waals surface area contributed by atoms with E-state index in [1.54, 1.807) is 0 Å². The Hall–Kier alpha value is -0.0400. The summed E-state index contributed by atoms with van der Waals surface area (Å²) in [6.07, 6.45) is 3.51. The first kappa shape index (κ1) is 20.3. The number of halogens is 1. The zero-order chi connectivity index (χ0) is 13.1. The maximum atomic E-state index is 5.73. The van der Waals surface area contributed by atoms with E-state index < -0.39 is 0 Å². The van der Waals surface area contributed by atoms with Gasteiger partial charge >= 0.3 is 0 Å². The fourth-order valence-electron chi connectivity index (χ4n) is 1.28. The van der Waals surface area contributed by atoms with Crippen molar-refractivity contribution in [2.45, 2.75) is 53.1 Å². The summed E-state index contributed by atoms with van der Waals surface area (Å²) >= 11 is 0. The van der Waals surface area contributed by atoms with E-state index in [1.807, 2.05) is 0 Å². The Morgan fingerprint density at radius 3 is 2.44 bits per heavy atom. The number of hydrogen-bond acceptors (Lipinski definition) is 2. The normalized spacial score (nSPS) is 11.8. The van der Waals surface area contributed by atoms with Crippen LogP contribution in [-0.2, 0) is 4.74 Å². The lowest BCUT2D eigenvalue weighted by molar-refractivity contribution is 0.0764. The summed E-state index contributed by atoms with van der Waals surface area (Å²) in [5.41, 5.74) is 5.73. The van der Waals surface area contributed by atoms with E-state index in [9.17, 15) is 0 Å². The molecule has 5 heteroatoms. The van der Waals surface area contributed by atoms with Crippen molar-refractivity contribution in [1.29, 1.82) is 0 Å². The van der Waals surface area contributed by atoms with E-state index in [1.165, 1.54) is 0 Å². The summed E-state index contributed by atoms with van der Waals surface area (Å²) in [4.78, 5) is 4.27. The Kier molecular flexibility index (Phi) is 15.1. The Morgan fingerprint density at radius 2 is 1.89 bits per heavy atom. The van der Waals surface area contributed by atoms with E-state index in [0.29, 0.717) is 18.0 Å². The smallest absolute Gasteiger partial charge is 0.188 e. The van der Waals surface area contributed by atoms with Gasteiger partial charge in [0.05, 0.1) is 6.10 Å². The Morgan fingerprint density at radius 1 is 1.22 bits per heavy atom. The minimum atomic E-state index is 0. The van der Waals surface area contributed by atoms with Crippen LogP contribution < -0.4 is 11.1 Å². The van der Waals surface area contributed by atoms with E-state index in [-0.39, 0.29) is 24.0 Å². The topological polar surface area (TPSA) is 59.6 Å². The molecule has 0 aromatic carbocycles. The van der Waals surface area contributed by atoms with Crippen LogP contribution in [0.3, 0.4) is 0 Å². The van der Waals surface area contributed by atoms with Gasteiger partial charge in [-0.3, -0.25) is 4.99 Å². The molecule has 4 nitrogen and oxygen atoms in total. The number of nitrogens with one attached hydrogen (secondary N) is 1. The number of hydrogen-bond donors (Lipinski definition) is 2. The molecule has 0 spiro atoms. The molecule has 0 saturated carbocycles. The van der Waals surface area contributed by atoms with Gasteiger partial charge in [0.2, 0.25) is 0 Å². The van der Waals surface area contributed by atoms with Gasteiger partial charge in [-0.25, -0.2) is 0 Å². The van der Waals surface area contributed by atoms with Crippen LogP contribution in [0.5, 0.6) is 0 Å². The van der Waals surface area contributed by atoms with Gasteiger partial charge in [-0.15, -0.1) is 24.0 Å². The van der Waals surface area contributed by atoms with Crippen LogP contribution in [0.4, 0.5) is 0 Å². The highest BCUT2D eigenvalue weighted by atomic mass is 127. The van der Waals surface area contributed by atoms with Gasteiger partial charge in [0.15, 0.2) is 5.96 Å². The average Bonchev–Trinajstić information content (AvgIpc) is 2.22. The number of aliphatic imine (C=N–C) groups is 1. The summed E-state index contributed by atoms with van der Waals surface area (Å²) < 4.78 is 5.44. The lowest BCUT2D eigenvalue weighted by atomic mass is 10.1. The second-order valence-electron chi connectivity index (χ2n) is 5.00. The molecule has 0 atom stereocenters. The van der Waals surface area contributed by atoms with Crippen molar-refractivity contribution >= 4 is 29.9 Å². The molecule has 0 saturated heterocycles. The van der Waals surface area contributed by atoms with Gasteiger partial charge in [0.25, 0.3) is 0 Å². The summed E-state index contributed by atoms with van der Waals surface area (Å²) in [7, 11) is 0. The molecule has 0 radical (unpaired) electrons. The Labute approximate surface area is 129 Å². The molecule has 0 aromatic rings. The molecular formula is C13H30IN3O. The van der Waals surface area contributed by atoms with Crippen LogP contribution in [0.1, 0.15) is 47.0 Å². The zero-order valence-electron chi connectivity index (χ0n) is 12.2. The highest BCUT2D eigenvalue weighted by molar-refractivity contribution is 14.0. The maximum absolute atomic E-state index is 5.73. The zero-order valence-corrected chi connectivity index (χ0v) is 14.6. The summed E-state index contributed by atoms with van der Waals surface area (Å²) in [5, 5.41) is 3.12. The molecule has 0 amide bonds. The largest absolute Gasteiger partial charge is 0.379 e. The predicted molar refractivity (Wildman–Crippen MR) is 89.7 cm³/mol. The molecule has 0 fully saturated rings. The lowest BCUT2D eigenvalue weighted by Gasteiger charge is -2.08. The van der Waals surface area contributed by atoms with Gasteiger partial charge in [-0.1, -0.05) is 13.8 Å². The van der Waals surface area contributed by atoms with Gasteiger partial charge in [0.1, 0.15) is 0 Å². The van der Waals surface area contributed by atoms with Gasteiger partial charge < -0.3 is 15.8 Å². The van der Waals surface area contributed by atoms with Crippen molar-refractivity contribution in [1.82, 2.24) is 5.32 Å². The number of nitrogens with two attached hydrogens (primary N) is 1. The molecule has 0 heterocycles. The third-order valence-electron chi connectivity index (χ3n) is 2.31. The van der Waals surface area contributed by atoms with Crippen LogP contribution in [0, 0.1) is 5.92 Å². The minimum absolute atomic E-state index is 0. The molecule has 0 unspecified atom stereocenters. The molecule has 0 aliphatic heterocycles. The van der Waals surface area contributed by atoms with Crippen molar-refractivity contribution in [2.75, 3.05) is 19.7 Å². The standard InChI is InChI=1S/C13H29N3O.HI/c1-11(2)7-9-16-13(14)15-8-5-6-10-17-12(3)4;/h11-12H,5-10H2,1-4H3,(H3,14,15,16);1H. The second kappa shape index (κ2) is 13.4. The van der Waals surface area contributed by atoms with Gasteiger partial charge in [-0.2, -0.15) is 0 Å². The van der Waals surface area contributed by atoms with Crippen molar-refractivity contribution < 1.29 is 4.74 Å². The van der Waals surface area contributed by atoms with E-state index >= 15 is 0 Å². The van der Waals surface area contributed by atoms with Crippen molar-refractivity contribution in [3.05, 3.63) is 0 Å². The van der Waals surface area contributed by atoms with Crippen LogP contribution in [0.2, 0.25) is 0 Å². The van der Waals surface area contributed by atoms with Crippen LogP contribution in [0.15, 0.2) is 4.99 Å². The highest BCUT2D eigenvalue weighted by Crippen LogP contribution is 1.96. The van der Waals surface area contributed by atoms with E-state index in [2.05, 4.69) is 38.0 Å². The highest BCUT2D eigenvalue weighted by Gasteiger charge is 1.95. The summed E-state index contributed by atoms with van der Waals surface area (Å²) in [6, 6.07) is 0. The third kappa shape index (κ3) is 16.0. The second-order valence-corrected chi connectivity index (χ2v) is 5.00. The molecule has 0 aliphatic carbocycles. The van der Waals surface area contributed by atoms with E-state index in [0.717, 1.165) is 39.0 Å². The number of ether oxygens (including phenoxy) is 1. The lowest BCUT2D eigenvalue weighted by Crippen LogP contribution is -2.33. The number of rotatable bonds is 9. The van der Waals surface area contributed by atoms with Crippen molar-refractivity contribution in [3.63, 3.8) is 0 Å². The first-order valence-electron chi connectivity index (χ1n) is 6.67. The number of guanidine groups is 1. The maximum Gasteiger partial charge on any atom is 0.188 e. The first-order chi connectivity index (χ1) is 8.02. The third-order valence-corrected chi connectivity index (χ3v) is 2.31. The van der Waals surface area contributed by atoms with Crippen LogP contribution >= 0.6 is 24.0 Å². The SMILES string of the molecule is CC(C)CCNC(N)=NCCCCOC(C)C.I. The van der Waals surface area contributed by atoms with Crippen molar-refractivity contribution in [3.8, 4) is 0 Å². The van der Waals surface area contributed by atoms with Crippen LogP contribution in [0.25, 0.3) is 0 Å². The Balaban J connectivity index is 0. The first-order valence-corrected chi connectivity index (χ1v) is 6.67.